The number of carbonyl (C=O) groups is 1. The van der Waals surface area contributed by atoms with E-state index in [0.29, 0.717) is 11.3 Å². The molecule has 0 spiro atoms. The molecule has 0 fully saturated rings. The van der Waals surface area contributed by atoms with Gasteiger partial charge >= 0.3 is 5.97 Å². The van der Waals surface area contributed by atoms with Crippen molar-refractivity contribution in [3.8, 4) is 5.75 Å². The molecule has 0 saturated heterocycles. The van der Waals surface area contributed by atoms with Gasteiger partial charge in [0.05, 0.1) is 0 Å². The van der Waals surface area contributed by atoms with E-state index in [9.17, 15) is 9.90 Å². The van der Waals surface area contributed by atoms with Crippen LogP contribution in [0.4, 0.5) is 0 Å². The fourth-order valence-electron chi connectivity index (χ4n) is 1.81. The number of para-hydroxylation sites is 1. The largest absolute Gasteiger partial charge is 0.423 e. The summed E-state index contributed by atoms with van der Waals surface area (Å²) in [5.74, 6) is 0.203. The van der Waals surface area contributed by atoms with Crippen molar-refractivity contribution in [2.45, 2.75) is 32.3 Å². The molecule has 0 saturated carbocycles. The predicted octanol–water partition coefficient (Wildman–Crippen LogP) is 1.94. The average molecular weight is 206 g/mol. The molecule has 1 aliphatic heterocycles. The molecule has 1 N–H and O–H groups in total. The summed E-state index contributed by atoms with van der Waals surface area (Å²) in [6.45, 7) is 5.51. The molecule has 15 heavy (non-hydrogen) atoms. The lowest BCUT2D eigenvalue weighted by atomic mass is 9.93. The topological polar surface area (TPSA) is 46.5 Å². The molecule has 1 aromatic carbocycles. The van der Waals surface area contributed by atoms with E-state index >= 15 is 0 Å². The molecule has 80 valence electrons. The van der Waals surface area contributed by atoms with Gasteiger partial charge in [0.1, 0.15) is 5.75 Å². The molecule has 0 amide bonds. The van der Waals surface area contributed by atoms with Gasteiger partial charge in [0.2, 0.25) is 0 Å². The Morgan fingerprint density at radius 2 is 2.07 bits per heavy atom. The van der Waals surface area contributed by atoms with Gasteiger partial charge in [-0.15, -0.1) is 0 Å². The number of hydrogen-bond donors (Lipinski definition) is 1. The molecule has 3 heteroatoms. The standard InChI is InChI=1S/C12H14O3/c1-7(2)8-5-4-6-9-10(8)15-11(13)12(9,3)14/h4-7,14H,1-3H3/t12-/m0/s1. The average Bonchev–Trinajstić information content (AvgIpc) is 2.38. The second kappa shape index (κ2) is 3.07. The molecule has 1 aromatic rings. The van der Waals surface area contributed by atoms with Crippen molar-refractivity contribution < 1.29 is 14.6 Å². The van der Waals surface area contributed by atoms with Gasteiger partial charge in [-0.1, -0.05) is 32.0 Å². The summed E-state index contributed by atoms with van der Waals surface area (Å²) in [4.78, 5) is 11.5. The van der Waals surface area contributed by atoms with Gasteiger partial charge in [-0.25, -0.2) is 4.79 Å². The summed E-state index contributed by atoms with van der Waals surface area (Å²) in [5.41, 5.74) is 0.0255. The molecular weight excluding hydrogens is 192 g/mol. The van der Waals surface area contributed by atoms with Crippen LogP contribution in [-0.2, 0) is 10.4 Å². The molecule has 1 heterocycles. The molecule has 1 aliphatic rings. The van der Waals surface area contributed by atoms with Gasteiger partial charge in [-0.3, -0.25) is 0 Å². The van der Waals surface area contributed by atoms with Crippen molar-refractivity contribution in [1.82, 2.24) is 0 Å². The molecule has 3 nitrogen and oxygen atoms in total. The van der Waals surface area contributed by atoms with E-state index in [1.165, 1.54) is 6.92 Å². The minimum Gasteiger partial charge on any atom is -0.423 e. The fourth-order valence-corrected chi connectivity index (χ4v) is 1.81. The second-order valence-electron chi connectivity index (χ2n) is 4.34. The number of fused-ring (bicyclic) bond motifs is 1. The van der Waals surface area contributed by atoms with E-state index in [1.54, 1.807) is 6.07 Å². The zero-order valence-electron chi connectivity index (χ0n) is 9.07. The minimum absolute atomic E-state index is 0.265. The number of esters is 1. The quantitative estimate of drug-likeness (QED) is 0.564. The van der Waals surface area contributed by atoms with Gasteiger partial charge in [0.15, 0.2) is 5.60 Å². The van der Waals surface area contributed by atoms with E-state index < -0.39 is 11.6 Å². The van der Waals surface area contributed by atoms with Crippen LogP contribution >= 0.6 is 0 Å². The Labute approximate surface area is 88.7 Å². The Morgan fingerprint density at radius 1 is 1.40 bits per heavy atom. The first kappa shape index (κ1) is 10.2. The number of rotatable bonds is 1. The van der Waals surface area contributed by atoms with Crippen LogP contribution in [0.1, 0.15) is 37.8 Å². The Morgan fingerprint density at radius 3 is 2.67 bits per heavy atom. The van der Waals surface area contributed by atoms with E-state index in [4.69, 9.17) is 4.74 Å². The lowest BCUT2D eigenvalue weighted by Crippen LogP contribution is -2.29. The van der Waals surface area contributed by atoms with E-state index in [-0.39, 0.29) is 5.92 Å². The maximum Gasteiger partial charge on any atom is 0.348 e. The van der Waals surface area contributed by atoms with Gasteiger partial charge in [-0.05, 0) is 18.4 Å². The van der Waals surface area contributed by atoms with Crippen LogP contribution in [0.2, 0.25) is 0 Å². The van der Waals surface area contributed by atoms with Crippen LogP contribution in [0.25, 0.3) is 0 Å². The number of hydrogen-bond acceptors (Lipinski definition) is 3. The van der Waals surface area contributed by atoms with E-state index in [2.05, 4.69) is 0 Å². The van der Waals surface area contributed by atoms with Crippen molar-refractivity contribution >= 4 is 5.97 Å². The maximum atomic E-state index is 11.5. The summed E-state index contributed by atoms with van der Waals surface area (Å²) >= 11 is 0. The molecular formula is C12H14O3. The highest BCUT2D eigenvalue weighted by Gasteiger charge is 2.44. The van der Waals surface area contributed by atoms with Crippen molar-refractivity contribution in [1.29, 1.82) is 0 Å². The number of aliphatic hydroxyl groups is 1. The van der Waals surface area contributed by atoms with Crippen molar-refractivity contribution in [2.75, 3.05) is 0 Å². The zero-order valence-corrected chi connectivity index (χ0v) is 9.07. The molecule has 0 unspecified atom stereocenters. The summed E-state index contributed by atoms with van der Waals surface area (Å²) in [5, 5.41) is 9.95. The number of ether oxygens (including phenoxy) is 1. The van der Waals surface area contributed by atoms with Crippen LogP contribution < -0.4 is 4.74 Å². The first-order valence-corrected chi connectivity index (χ1v) is 5.02. The normalized spacial score (nSPS) is 24.2. The first-order valence-electron chi connectivity index (χ1n) is 5.02. The van der Waals surface area contributed by atoms with Gasteiger partial charge < -0.3 is 9.84 Å². The van der Waals surface area contributed by atoms with Gasteiger partial charge in [0.25, 0.3) is 0 Å². The van der Waals surface area contributed by atoms with Gasteiger partial charge in [0, 0.05) is 5.56 Å². The summed E-state index contributed by atoms with van der Waals surface area (Å²) in [6, 6.07) is 5.48. The van der Waals surface area contributed by atoms with E-state index in [1.807, 2.05) is 26.0 Å². The van der Waals surface area contributed by atoms with E-state index in [0.717, 1.165) is 5.56 Å². The summed E-state index contributed by atoms with van der Waals surface area (Å²) in [6.07, 6.45) is 0. The van der Waals surface area contributed by atoms with Crippen molar-refractivity contribution in [2.24, 2.45) is 0 Å². The maximum absolute atomic E-state index is 11.5. The highest BCUT2D eigenvalue weighted by atomic mass is 16.6. The Bertz CT molecular complexity index is 419. The molecule has 1 atom stereocenters. The van der Waals surface area contributed by atoms with Crippen LogP contribution in [0.15, 0.2) is 18.2 Å². The molecule has 0 aliphatic carbocycles. The number of carbonyl (C=O) groups excluding carboxylic acids is 1. The molecule has 0 radical (unpaired) electrons. The molecule has 0 bridgehead atoms. The predicted molar refractivity (Wildman–Crippen MR) is 55.7 cm³/mol. The second-order valence-corrected chi connectivity index (χ2v) is 4.34. The highest BCUT2D eigenvalue weighted by molar-refractivity contribution is 5.88. The number of benzene rings is 1. The van der Waals surface area contributed by atoms with Crippen LogP contribution in [-0.4, -0.2) is 11.1 Å². The zero-order chi connectivity index (χ0) is 11.2. The Kier molecular flexibility index (Phi) is 2.08. The van der Waals surface area contributed by atoms with Crippen molar-refractivity contribution in [3.05, 3.63) is 29.3 Å². The first-order chi connectivity index (χ1) is 6.94. The Hall–Kier alpha value is -1.35. The van der Waals surface area contributed by atoms with Crippen LogP contribution in [0, 0.1) is 0 Å². The summed E-state index contributed by atoms with van der Waals surface area (Å²) < 4.78 is 5.13. The monoisotopic (exact) mass is 206 g/mol. The third-order valence-corrected chi connectivity index (χ3v) is 2.78. The fraction of sp³-hybridized carbons (Fsp3) is 0.417. The SMILES string of the molecule is CC(C)c1cccc2c1OC(=O)[C@@]2(C)O. The lowest BCUT2D eigenvalue weighted by Gasteiger charge is -2.12. The smallest absolute Gasteiger partial charge is 0.348 e. The van der Waals surface area contributed by atoms with Gasteiger partial charge in [-0.2, -0.15) is 0 Å². The third-order valence-electron chi connectivity index (χ3n) is 2.78. The Balaban J connectivity index is 2.63. The van der Waals surface area contributed by atoms with Crippen LogP contribution in [0.3, 0.4) is 0 Å². The molecule has 2 rings (SSSR count). The highest BCUT2D eigenvalue weighted by Crippen LogP contribution is 2.42. The van der Waals surface area contributed by atoms with Crippen molar-refractivity contribution in [3.63, 3.8) is 0 Å². The third kappa shape index (κ3) is 1.35. The lowest BCUT2D eigenvalue weighted by molar-refractivity contribution is -0.150. The minimum atomic E-state index is -1.50. The summed E-state index contributed by atoms with van der Waals surface area (Å²) in [7, 11) is 0. The molecule has 0 aromatic heterocycles. The van der Waals surface area contributed by atoms with Crippen LogP contribution in [0.5, 0.6) is 5.75 Å².